The molecule has 2 aliphatic rings. The highest BCUT2D eigenvalue weighted by Crippen LogP contribution is 2.26. The number of nitrogens with one attached hydrogen (secondary N) is 1. The molecule has 134 valence electrons. The second kappa shape index (κ2) is 7.36. The fraction of sp³-hybridized carbons (Fsp3) is 0.941. The highest BCUT2D eigenvalue weighted by molar-refractivity contribution is 5.75. The molecule has 0 unspecified atom stereocenters. The van der Waals surface area contributed by atoms with E-state index in [1.807, 2.05) is 25.7 Å². The van der Waals surface area contributed by atoms with Gasteiger partial charge in [-0.15, -0.1) is 0 Å². The van der Waals surface area contributed by atoms with Crippen molar-refractivity contribution < 1.29 is 14.6 Å². The van der Waals surface area contributed by atoms with Gasteiger partial charge in [-0.1, -0.05) is 0 Å². The minimum Gasteiger partial charge on any atom is -0.396 e. The minimum absolute atomic E-state index is 0.0258. The Hall–Kier alpha value is -0.850. The Morgan fingerprint density at radius 3 is 2.22 bits per heavy atom. The first-order valence-electron chi connectivity index (χ1n) is 8.73. The van der Waals surface area contributed by atoms with Crippen molar-refractivity contribution >= 4 is 6.03 Å². The highest BCUT2D eigenvalue weighted by Gasteiger charge is 2.37. The smallest absolute Gasteiger partial charge is 0.317 e. The monoisotopic (exact) mass is 327 g/mol. The third-order valence-corrected chi connectivity index (χ3v) is 4.57. The van der Waals surface area contributed by atoms with Crippen molar-refractivity contribution in [1.29, 1.82) is 0 Å². The van der Waals surface area contributed by atoms with Crippen LogP contribution < -0.4 is 5.32 Å². The van der Waals surface area contributed by atoms with Crippen molar-refractivity contribution in [1.82, 2.24) is 15.1 Å². The average molecular weight is 327 g/mol. The lowest BCUT2D eigenvalue weighted by Gasteiger charge is -2.37. The molecule has 0 aromatic carbocycles. The summed E-state index contributed by atoms with van der Waals surface area (Å²) in [6, 6.07) is -0.0258. The van der Waals surface area contributed by atoms with Gasteiger partial charge in [0.25, 0.3) is 0 Å². The van der Waals surface area contributed by atoms with E-state index < -0.39 is 0 Å². The van der Waals surface area contributed by atoms with Crippen molar-refractivity contribution in [2.45, 2.75) is 52.4 Å². The highest BCUT2D eigenvalue weighted by atomic mass is 16.5. The van der Waals surface area contributed by atoms with Crippen molar-refractivity contribution in [2.24, 2.45) is 11.8 Å². The first kappa shape index (κ1) is 18.5. The van der Waals surface area contributed by atoms with Crippen LogP contribution in [0, 0.1) is 11.8 Å². The lowest BCUT2D eigenvalue weighted by atomic mass is 9.96. The molecule has 6 nitrogen and oxygen atoms in total. The standard InChI is InChI=1S/C17H33N3O3/c1-12-6-19(7-13(2)23-12)8-14-9-20(10-15(14)11-21)16(22)18-17(3,4)5/h12-15,21H,6-11H2,1-5H3,(H,18,22)/t12-,13+,14-,15-/m1/s1. The van der Waals surface area contributed by atoms with Gasteiger partial charge in [0.1, 0.15) is 0 Å². The summed E-state index contributed by atoms with van der Waals surface area (Å²) in [5.41, 5.74) is -0.237. The molecule has 2 N–H and O–H groups in total. The lowest BCUT2D eigenvalue weighted by Crippen LogP contribution is -2.49. The molecule has 0 aromatic rings. The largest absolute Gasteiger partial charge is 0.396 e. The molecule has 2 saturated heterocycles. The predicted molar refractivity (Wildman–Crippen MR) is 90.4 cm³/mol. The molecule has 2 fully saturated rings. The summed E-state index contributed by atoms with van der Waals surface area (Å²) in [6.07, 6.45) is 0.487. The second-order valence-electron chi connectivity index (χ2n) is 8.26. The maximum absolute atomic E-state index is 12.4. The molecule has 23 heavy (non-hydrogen) atoms. The van der Waals surface area contributed by atoms with Crippen LogP contribution in [0.15, 0.2) is 0 Å². The number of aliphatic hydroxyl groups excluding tert-OH is 1. The normalized spacial score (nSPS) is 33.0. The first-order valence-corrected chi connectivity index (χ1v) is 8.73. The van der Waals surface area contributed by atoms with E-state index >= 15 is 0 Å². The first-order chi connectivity index (χ1) is 10.7. The Bertz CT molecular complexity index is 400. The molecule has 0 radical (unpaired) electrons. The number of morpholine rings is 1. The van der Waals surface area contributed by atoms with E-state index in [1.54, 1.807) is 0 Å². The summed E-state index contributed by atoms with van der Waals surface area (Å²) in [5.74, 6) is 0.484. The van der Waals surface area contributed by atoms with Crippen molar-refractivity contribution in [3.63, 3.8) is 0 Å². The SMILES string of the molecule is C[C@@H]1CN(C[C@@H]2CN(C(=O)NC(C)(C)C)C[C@@H]2CO)C[C@H](C)O1. The molecular weight excluding hydrogens is 294 g/mol. The van der Waals surface area contributed by atoms with E-state index in [9.17, 15) is 9.90 Å². The second-order valence-corrected chi connectivity index (χ2v) is 8.26. The fourth-order valence-corrected chi connectivity index (χ4v) is 3.68. The molecule has 0 spiro atoms. The van der Waals surface area contributed by atoms with Gasteiger partial charge in [0.2, 0.25) is 0 Å². The molecule has 0 aromatic heterocycles. The Morgan fingerprint density at radius 2 is 1.70 bits per heavy atom. The van der Waals surface area contributed by atoms with Crippen LogP contribution in [-0.2, 0) is 4.74 Å². The molecular formula is C17H33N3O3. The van der Waals surface area contributed by atoms with Crippen molar-refractivity contribution in [3.8, 4) is 0 Å². The van der Waals surface area contributed by atoms with Crippen LogP contribution in [0.5, 0.6) is 0 Å². The van der Waals surface area contributed by atoms with E-state index in [-0.39, 0.29) is 36.3 Å². The van der Waals surface area contributed by atoms with Crippen LogP contribution in [-0.4, -0.2) is 78.0 Å². The number of carbonyl (C=O) groups is 1. The van der Waals surface area contributed by atoms with Crippen molar-refractivity contribution in [2.75, 3.05) is 39.3 Å². The van der Waals surface area contributed by atoms with Gasteiger partial charge in [-0.25, -0.2) is 4.79 Å². The van der Waals surface area contributed by atoms with Crippen molar-refractivity contribution in [3.05, 3.63) is 0 Å². The van der Waals surface area contributed by atoms with Gasteiger partial charge >= 0.3 is 6.03 Å². The summed E-state index contributed by atoms with van der Waals surface area (Å²) >= 11 is 0. The summed E-state index contributed by atoms with van der Waals surface area (Å²) in [7, 11) is 0. The van der Waals surface area contributed by atoms with Gasteiger partial charge in [-0.2, -0.15) is 0 Å². The molecule has 0 bridgehead atoms. The predicted octanol–water partition coefficient (Wildman–Crippen LogP) is 1.14. The molecule has 2 amide bonds. The summed E-state index contributed by atoms with van der Waals surface area (Å²) in [4.78, 5) is 16.6. The van der Waals surface area contributed by atoms with Crippen LogP contribution >= 0.6 is 0 Å². The number of carbonyl (C=O) groups excluding carboxylic acids is 1. The van der Waals surface area contributed by atoms with E-state index in [0.717, 1.165) is 19.6 Å². The number of amides is 2. The van der Waals surface area contributed by atoms with E-state index in [2.05, 4.69) is 24.1 Å². The molecule has 4 atom stereocenters. The average Bonchev–Trinajstić information content (AvgIpc) is 2.78. The van der Waals surface area contributed by atoms with E-state index in [1.165, 1.54) is 0 Å². The molecule has 2 aliphatic heterocycles. The number of hydrogen-bond donors (Lipinski definition) is 2. The molecule has 6 heteroatoms. The summed E-state index contributed by atoms with van der Waals surface area (Å²) in [6.45, 7) is 14.4. The number of nitrogens with zero attached hydrogens (tertiary/aromatic N) is 2. The topological polar surface area (TPSA) is 65.0 Å². The quantitative estimate of drug-likeness (QED) is 0.816. The number of urea groups is 1. The van der Waals surface area contributed by atoms with Gasteiger partial charge in [0.15, 0.2) is 0 Å². The Kier molecular flexibility index (Phi) is 5.92. The third kappa shape index (κ3) is 5.33. The number of ether oxygens (including phenoxy) is 1. The zero-order chi connectivity index (χ0) is 17.2. The molecule has 2 rings (SSSR count). The molecule has 0 saturated carbocycles. The van der Waals surface area contributed by atoms with Crippen LogP contribution in [0.4, 0.5) is 4.79 Å². The number of hydrogen-bond acceptors (Lipinski definition) is 4. The fourth-order valence-electron chi connectivity index (χ4n) is 3.68. The number of aliphatic hydroxyl groups is 1. The Labute approximate surface area is 140 Å². The van der Waals surface area contributed by atoms with Crippen LogP contribution in [0.3, 0.4) is 0 Å². The summed E-state index contributed by atoms with van der Waals surface area (Å²) in [5, 5.41) is 12.7. The summed E-state index contributed by atoms with van der Waals surface area (Å²) < 4.78 is 5.78. The van der Waals surface area contributed by atoms with E-state index in [0.29, 0.717) is 19.0 Å². The van der Waals surface area contributed by atoms with Gasteiger partial charge in [0.05, 0.1) is 12.2 Å². The Morgan fingerprint density at radius 1 is 1.13 bits per heavy atom. The number of rotatable bonds is 3. The Balaban J connectivity index is 1.92. The third-order valence-electron chi connectivity index (χ3n) is 4.57. The van der Waals surface area contributed by atoms with Crippen LogP contribution in [0.25, 0.3) is 0 Å². The van der Waals surface area contributed by atoms with Crippen LogP contribution in [0.1, 0.15) is 34.6 Å². The lowest BCUT2D eigenvalue weighted by molar-refractivity contribution is -0.0726. The van der Waals surface area contributed by atoms with Gasteiger partial charge in [-0.05, 0) is 40.5 Å². The van der Waals surface area contributed by atoms with E-state index in [4.69, 9.17) is 4.74 Å². The van der Waals surface area contributed by atoms with Gasteiger partial charge in [-0.3, -0.25) is 4.90 Å². The zero-order valence-corrected chi connectivity index (χ0v) is 15.2. The zero-order valence-electron chi connectivity index (χ0n) is 15.2. The maximum Gasteiger partial charge on any atom is 0.317 e. The minimum atomic E-state index is -0.237. The molecule has 0 aliphatic carbocycles. The van der Waals surface area contributed by atoms with Gasteiger partial charge in [0, 0.05) is 50.8 Å². The molecule has 2 heterocycles. The number of likely N-dealkylation sites (tertiary alicyclic amines) is 1. The van der Waals surface area contributed by atoms with Crippen LogP contribution in [0.2, 0.25) is 0 Å². The van der Waals surface area contributed by atoms with Gasteiger partial charge < -0.3 is 20.1 Å². The maximum atomic E-state index is 12.4.